The average molecular weight is 212 g/mol. The SMILES string of the molecule is C=C(CC)CC(CC(=C)OC(C)C)OC. The van der Waals surface area contributed by atoms with Crippen molar-refractivity contribution in [1.82, 2.24) is 0 Å². The molecule has 15 heavy (non-hydrogen) atoms. The Labute approximate surface area is 94.0 Å². The van der Waals surface area contributed by atoms with Crippen LogP contribution < -0.4 is 0 Å². The number of ether oxygens (including phenoxy) is 2. The first-order valence-corrected chi connectivity index (χ1v) is 5.53. The van der Waals surface area contributed by atoms with Crippen molar-refractivity contribution < 1.29 is 9.47 Å². The molecule has 2 heteroatoms. The second-order valence-electron chi connectivity index (χ2n) is 4.07. The molecule has 0 saturated carbocycles. The van der Waals surface area contributed by atoms with Crippen molar-refractivity contribution in [1.29, 1.82) is 0 Å². The number of rotatable bonds is 8. The minimum atomic E-state index is 0.142. The summed E-state index contributed by atoms with van der Waals surface area (Å²) in [5.74, 6) is 0.792. The summed E-state index contributed by atoms with van der Waals surface area (Å²) in [5.41, 5.74) is 1.21. The van der Waals surface area contributed by atoms with E-state index in [2.05, 4.69) is 20.1 Å². The van der Waals surface area contributed by atoms with Gasteiger partial charge in [-0.05, 0) is 26.7 Å². The van der Waals surface area contributed by atoms with Crippen LogP contribution in [0.5, 0.6) is 0 Å². The van der Waals surface area contributed by atoms with Crippen LogP contribution >= 0.6 is 0 Å². The van der Waals surface area contributed by atoms with Gasteiger partial charge in [-0.15, -0.1) is 0 Å². The van der Waals surface area contributed by atoms with E-state index in [0.717, 1.165) is 25.0 Å². The molecule has 0 N–H and O–H groups in total. The molecule has 0 amide bonds. The molecule has 0 fully saturated rings. The molecule has 0 radical (unpaired) electrons. The Balaban J connectivity index is 3.98. The third kappa shape index (κ3) is 7.20. The lowest BCUT2D eigenvalue weighted by Crippen LogP contribution is -2.14. The highest BCUT2D eigenvalue weighted by molar-refractivity contribution is 4.98. The lowest BCUT2D eigenvalue weighted by molar-refractivity contribution is 0.0697. The zero-order chi connectivity index (χ0) is 11.8. The van der Waals surface area contributed by atoms with E-state index in [-0.39, 0.29) is 12.2 Å². The first-order chi connectivity index (χ1) is 6.99. The van der Waals surface area contributed by atoms with Gasteiger partial charge in [-0.2, -0.15) is 0 Å². The zero-order valence-electron chi connectivity index (χ0n) is 10.5. The van der Waals surface area contributed by atoms with E-state index in [1.54, 1.807) is 7.11 Å². The predicted octanol–water partition coefficient (Wildman–Crippen LogP) is 3.69. The number of hydrogen-bond acceptors (Lipinski definition) is 2. The highest BCUT2D eigenvalue weighted by Gasteiger charge is 2.11. The van der Waals surface area contributed by atoms with Gasteiger partial charge in [0.1, 0.15) is 0 Å². The fraction of sp³-hybridized carbons (Fsp3) is 0.692. The van der Waals surface area contributed by atoms with Gasteiger partial charge in [0, 0.05) is 13.5 Å². The van der Waals surface area contributed by atoms with Gasteiger partial charge in [0.2, 0.25) is 0 Å². The molecule has 88 valence electrons. The molecule has 1 atom stereocenters. The maximum absolute atomic E-state index is 5.49. The molecule has 0 aliphatic rings. The second kappa shape index (κ2) is 7.52. The molecule has 0 rings (SSSR count). The zero-order valence-corrected chi connectivity index (χ0v) is 10.5. The van der Waals surface area contributed by atoms with E-state index in [0.29, 0.717) is 0 Å². The van der Waals surface area contributed by atoms with Crippen molar-refractivity contribution >= 4 is 0 Å². The quantitative estimate of drug-likeness (QED) is 0.451. The fourth-order valence-electron chi connectivity index (χ4n) is 1.34. The lowest BCUT2D eigenvalue weighted by atomic mass is 10.0. The minimum absolute atomic E-state index is 0.142. The number of methoxy groups -OCH3 is 1. The Kier molecular flexibility index (Phi) is 7.14. The molecule has 0 aliphatic heterocycles. The predicted molar refractivity (Wildman–Crippen MR) is 64.8 cm³/mol. The van der Waals surface area contributed by atoms with Crippen molar-refractivity contribution in [2.24, 2.45) is 0 Å². The minimum Gasteiger partial charge on any atom is -0.496 e. The van der Waals surface area contributed by atoms with Gasteiger partial charge in [0.05, 0.1) is 18.0 Å². The molecule has 0 aromatic heterocycles. The molecule has 0 aromatic rings. The van der Waals surface area contributed by atoms with Gasteiger partial charge < -0.3 is 9.47 Å². The maximum Gasteiger partial charge on any atom is 0.0926 e. The molecular weight excluding hydrogens is 188 g/mol. The van der Waals surface area contributed by atoms with Gasteiger partial charge in [-0.3, -0.25) is 0 Å². The third-order valence-corrected chi connectivity index (χ3v) is 2.21. The summed E-state index contributed by atoms with van der Waals surface area (Å²) in [4.78, 5) is 0. The van der Waals surface area contributed by atoms with E-state index in [9.17, 15) is 0 Å². The summed E-state index contributed by atoms with van der Waals surface area (Å²) in [7, 11) is 1.72. The van der Waals surface area contributed by atoms with Crippen molar-refractivity contribution in [2.75, 3.05) is 7.11 Å². The molecule has 1 unspecified atom stereocenters. The molecule has 0 heterocycles. The van der Waals surface area contributed by atoms with E-state index >= 15 is 0 Å². The Morgan fingerprint density at radius 3 is 2.20 bits per heavy atom. The van der Waals surface area contributed by atoms with Crippen LogP contribution in [0, 0.1) is 0 Å². The Morgan fingerprint density at radius 2 is 1.80 bits per heavy atom. The first kappa shape index (κ1) is 14.2. The summed E-state index contributed by atoms with van der Waals surface area (Å²) in [5, 5.41) is 0. The van der Waals surface area contributed by atoms with Crippen molar-refractivity contribution in [3.05, 3.63) is 24.5 Å². The van der Waals surface area contributed by atoms with Gasteiger partial charge in [0.15, 0.2) is 0 Å². The molecular formula is C13H24O2. The third-order valence-electron chi connectivity index (χ3n) is 2.21. The van der Waals surface area contributed by atoms with Crippen molar-refractivity contribution in [2.45, 2.75) is 52.2 Å². The molecule has 0 aromatic carbocycles. The van der Waals surface area contributed by atoms with E-state index < -0.39 is 0 Å². The molecule has 0 aliphatic carbocycles. The second-order valence-corrected chi connectivity index (χ2v) is 4.07. The van der Waals surface area contributed by atoms with E-state index in [1.165, 1.54) is 5.57 Å². The standard InChI is InChI=1S/C13H24O2/c1-7-11(4)8-13(14-6)9-12(5)15-10(2)3/h10,13H,4-5,7-9H2,1-3,6H3. The highest BCUT2D eigenvalue weighted by atomic mass is 16.5. The van der Waals surface area contributed by atoms with Crippen LogP contribution in [0.3, 0.4) is 0 Å². The Morgan fingerprint density at radius 1 is 1.20 bits per heavy atom. The van der Waals surface area contributed by atoms with Crippen LogP contribution in [-0.4, -0.2) is 19.3 Å². The summed E-state index contributed by atoms with van der Waals surface area (Å²) >= 11 is 0. The van der Waals surface area contributed by atoms with Crippen LogP contribution in [0.1, 0.15) is 40.0 Å². The topological polar surface area (TPSA) is 18.5 Å². The van der Waals surface area contributed by atoms with Gasteiger partial charge in [0.25, 0.3) is 0 Å². The van der Waals surface area contributed by atoms with Crippen molar-refractivity contribution in [3.63, 3.8) is 0 Å². The Bertz CT molecular complexity index is 207. The van der Waals surface area contributed by atoms with Gasteiger partial charge in [-0.1, -0.05) is 25.7 Å². The number of hydrogen-bond donors (Lipinski definition) is 0. The smallest absolute Gasteiger partial charge is 0.0926 e. The molecule has 0 spiro atoms. The summed E-state index contributed by atoms with van der Waals surface area (Å²) < 4.78 is 10.9. The normalized spacial score (nSPS) is 12.6. The van der Waals surface area contributed by atoms with Crippen LogP contribution in [0.2, 0.25) is 0 Å². The molecule has 2 nitrogen and oxygen atoms in total. The highest BCUT2D eigenvalue weighted by Crippen LogP contribution is 2.17. The molecule has 0 saturated heterocycles. The van der Waals surface area contributed by atoms with Crippen LogP contribution in [-0.2, 0) is 9.47 Å². The maximum atomic E-state index is 5.49. The van der Waals surface area contributed by atoms with E-state index in [1.807, 2.05) is 13.8 Å². The van der Waals surface area contributed by atoms with Crippen LogP contribution in [0.4, 0.5) is 0 Å². The summed E-state index contributed by atoms with van der Waals surface area (Å²) in [6.45, 7) is 14.0. The summed E-state index contributed by atoms with van der Waals surface area (Å²) in [6.07, 6.45) is 2.95. The van der Waals surface area contributed by atoms with Crippen molar-refractivity contribution in [3.8, 4) is 0 Å². The average Bonchev–Trinajstić information content (AvgIpc) is 2.15. The summed E-state index contributed by atoms with van der Waals surface area (Å²) in [6, 6.07) is 0. The lowest BCUT2D eigenvalue weighted by Gasteiger charge is -2.19. The first-order valence-electron chi connectivity index (χ1n) is 5.53. The fourth-order valence-corrected chi connectivity index (χ4v) is 1.34. The van der Waals surface area contributed by atoms with E-state index in [4.69, 9.17) is 9.47 Å². The Hall–Kier alpha value is -0.760. The largest absolute Gasteiger partial charge is 0.496 e. The molecule has 0 bridgehead atoms. The van der Waals surface area contributed by atoms with Crippen LogP contribution in [0.25, 0.3) is 0 Å². The van der Waals surface area contributed by atoms with Gasteiger partial charge in [-0.25, -0.2) is 0 Å². The van der Waals surface area contributed by atoms with Gasteiger partial charge >= 0.3 is 0 Å². The van der Waals surface area contributed by atoms with Crippen LogP contribution in [0.15, 0.2) is 24.5 Å². The monoisotopic (exact) mass is 212 g/mol.